The maximum absolute atomic E-state index is 5.98. The predicted molar refractivity (Wildman–Crippen MR) is 123 cm³/mol. The number of likely N-dealkylation sites (tertiary alicyclic amines) is 1. The number of guanidine groups is 1. The Kier molecular flexibility index (Phi) is 8.87. The van der Waals surface area contributed by atoms with Gasteiger partial charge in [0.15, 0.2) is 5.96 Å². The largest absolute Gasteiger partial charge is 0.497 e. The monoisotopic (exact) mass is 480 g/mol. The van der Waals surface area contributed by atoms with Gasteiger partial charge in [0.25, 0.3) is 0 Å². The minimum atomic E-state index is 0. The molecule has 0 atom stereocenters. The average Bonchev–Trinajstić information content (AvgIpc) is 2.69. The Morgan fingerprint density at radius 2 is 1.63 bits per heavy atom. The zero-order valence-corrected chi connectivity index (χ0v) is 18.2. The lowest BCUT2D eigenvalue weighted by molar-refractivity contribution is 0.221. The molecule has 3 N–H and O–H groups in total. The Morgan fingerprint density at radius 1 is 1.00 bits per heavy atom. The van der Waals surface area contributed by atoms with Crippen LogP contribution in [0, 0.1) is 0 Å². The molecule has 1 heterocycles. The molecule has 2 aromatic rings. The van der Waals surface area contributed by atoms with E-state index in [4.69, 9.17) is 10.5 Å². The number of anilines is 1. The molecular formula is C21H29IN4O. The SMILES string of the molecule is COc1ccc(NC(N)=NCc2ccc(CN3CCCCC3)cc2)cc1.I. The second-order valence-electron chi connectivity index (χ2n) is 6.71. The third-order valence-corrected chi connectivity index (χ3v) is 4.67. The van der Waals surface area contributed by atoms with Crippen molar-refractivity contribution in [2.45, 2.75) is 32.4 Å². The predicted octanol–water partition coefficient (Wildman–Crippen LogP) is 4.23. The van der Waals surface area contributed by atoms with E-state index >= 15 is 0 Å². The van der Waals surface area contributed by atoms with Gasteiger partial charge in [0, 0.05) is 12.2 Å². The molecule has 1 aliphatic heterocycles. The molecule has 0 saturated carbocycles. The minimum Gasteiger partial charge on any atom is -0.497 e. The number of nitrogens with two attached hydrogens (primary N) is 1. The molecule has 1 aliphatic rings. The van der Waals surface area contributed by atoms with Gasteiger partial charge in [0.1, 0.15) is 5.75 Å². The highest BCUT2D eigenvalue weighted by Crippen LogP contribution is 2.15. The first kappa shape index (κ1) is 21.5. The summed E-state index contributed by atoms with van der Waals surface area (Å²) in [6.45, 7) is 4.06. The summed E-state index contributed by atoms with van der Waals surface area (Å²) in [5.74, 6) is 1.23. The summed E-state index contributed by atoms with van der Waals surface area (Å²) < 4.78 is 5.14. The number of rotatable bonds is 6. The Hall–Kier alpha value is -1.80. The Bertz CT molecular complexity index is 710. The highest BCUT2D eigenvalue weighted by Gasteiger charge is 2.10. The van der Waals surface area contributed by atoms with Gasteiger partial charge in [-0.05, 0) is 61.3 Å². The van der Waals surface area contributed by atoms with Gasteiger partial charge in [-0.15, -0.1) is 24.0 Å². The molecule has 0 spiro atoms. The van der Waals surface area contributed by atoms with Crippen LogP contribution in [0.4, 0.5) is 5.69 Å². The zero-order valence-electron chi connectivity index (χ0n) is 15.9. The van der Waals surface area contributed by atoms with E-state index in [2.05, 4.69) is 39.5 Å². The molecule has 0 aliphatic carbocycles. The van der Waals surface area contributed by atoms with Crippen LogP contribution in [-0.2, 0) is 13.1 Å². The molecule has 0 bridgehead atoms. The van der Waals surface area contributed by atoms with E-state index < -0.39 is 0 Å². The molecule has 0 unspecified atom stereocenters. The third-order valence-electron chi connectivity index (χ3n) is 4.67. The first-order valence-electron chi connectivity index (χ1n) is 9.24. The molecule has 146 valence electrons. The van der Waals surface area contributed by atoms with E-state index in [-0.39, 0.29) is 24.0 Å². The second kappa shape index (κ2) is 11.1. The van der Waals surface area contributed by atoms with Crippen molar-refractivity contribution in [1.29, 1.82) is 0 Å². The Morgan fingerprint density at radius 3 is 2.26 bits per heavy atom. The van der Waals surface area contributed by atoms with Crippen LogP contribution in [0.15, 0.2) is 53.5 Å². The van der Waals surface area contributed by atoms with Crippen molar-refractivity contribution in [3.8, 4) is 5.75 Å². The Labute approximate surface area is 179 Å². The fourth-order valence-electron chi connectivity index (χ4n) is 3.16. The number of ether oxygens (including phenoxy) is 1. The highest BCUT2D eigenvalue weighted by atomic mass is 127. The van der Waals surface area contributed by atoms with Gasteiger partial charge < -0.3 is 15.8 Å². The van der Waals surface area contributed by atoms with Gasteiger partial charge in [-0.2, -0.15) is 0 Å². The van der Waals surface area contributed by atoms with E-state index in [9.17, 15) is 0 Å². The van der Waals surface area contributed by atoms with Crippen LogP contribution < -0.4 is 15.8 Å². The summed E-state index contributed by atoms with van der Waals surface area (Å²) in [7, 11) is 1.65. The average molecular weight is 480 g/mol. The van der Waals surface area contributed by atoms with Crippen LogP contribution in [0.1, 0.15) is 30.4 Å². The summed E-state index contributed by atoms with van der Waals surface area (Å²) in [6.07, 6.45) is 4.03. The smallest absolute Gasteiger partial charge is 0.193 e. The van der Waals surface area contributed by atoms with Gasteiger partial charge in [0.05, 0.1) is 13.7 Å². The number of nitrogens with one attached hydrogen (secondary N) is 1. The van der Waals surface area contributed by atoms with Crippen molar-refractivity contribution in [3.05, 3.63) is 59.7 Å². The zero-order chi connectivity index (χ0) is 18.2. The number of halogens is 1. The molecule has 6 heteroatoms. The standard InChI is InChI=1S/C21H28N4O.HI/c1-26-20-11-9-19(10-12-20)24-21(22)23-15-17-5-7-18(8-6-17)16-25-13-3-2-4-14-25;/h5-12H,2-4,13-16H2,1H3,(H3,22,23,24);1H. The van der Waals surface area contributed by atoms with Crippen molar-refractivity contribution in [2.75, 3.05) is 25.5 Å². The van der Waals surface area contributed by atoms with Crippen molar-refractivity contribution in [1.82, 2.24) is 4.90 Å². The lowest BCUT2D eigenvalue weighted by atomic mass is 10.1. The summed E-state index contributed by atoms with van der Waals surface area (Å²) in [5.41, 5.74) is 9.40. The number of methoxy groups -OCH3 is 1. The van der Waals surface area contributed by atoms with E-state index in [1.165, 1.54) is 37.9 Å². The number of piperidine rings is 1. The molecule has 0 radical (unpaired) electrons. The van der Waals surface area contributed by atoms with Gasteiger partial charge >= 0.3 is 0 Å². The lowest BCUT2D eigenvalue weighted by Crippen LogP contribution is -2.29. The van der Waals surface area contributed by atoms with Gasteiger partial charge in [-0.25, -0.2) is 4.99 Å². The van der Waals surface area contributed by atoms with Crippen LogP contribution in [0.5, 0.6) is 5.75 Å². The number of benzene rings is 2. The van der Waals surface area contributed by atoms with Crippen LogP contribution >= 0.6 is 24.0 Å². The fourth-order valence-corrected chi connectivity index (χ4v) is 3.16. The number of hydrogen-bond donors (Lipinski definition) is 2. The quantitative estimate of drug-likeness (QED) is 0.369. The maximum Gasteiger partial charge on any atom is 0.193 e. The highest BCUT2D eigenvalue weighted by molar-refractivity contribution is 14.0. The van der Waals surface area contributed by atoms with Crippen LogP contribution in [0.25, 0.3) is 0 Å². The van der Waals surface area contributed by atoms with Crippen LogP contribution in [0.3, 0.4) is 0 Å². The van der Waals surface area contributed by atoms with Crippen LogP contribution in [0.2, 0.25) is 0 Å². The lowest BCUT2D eigenvalue weighted by Gasteiger charge is -2.26. The van der Waals surface area contributed by atoms with Crippen molar-refractivity contribution >= 4 is 35.6 Å². The molecule has 2 aromatic carbocycles. The van der Waals surface area contributed by atoms with Gasteiger partial charge in [-0.3, -0.25) is 4.90 Å². The first-order valence-corrected chi connectivity index (χ1v) is 9.24. The maximum atomic E-state index is 5.98. The van der Waals surface area contributed by atoms with Crippen molar-refractivity contribution < 1.29 is 4.74 Å². The third kappa shape index (κ3) is 7.03. The van der Waals surface area contributed by atoms with E-state index in [0.717, 1.165) is 23.5 Å². The molecule has 0 aromatic heterocycles. The summed E-state index contributed by atoms with van der Waals surface area (Å²) in [5, 5.41) is 3.09. The summed E-state index contributed by atoms with van der Waals surface area (Å²) >= 11 is 0. The molecular weight excluding hydrogens is 451 g/mol. The first-order chi connectivity index (χ1) is 12.7. The molecule has 1 saturated heterocycles. The molecule has 3 rings (SSSR count). The van der Waals surface area contributed by atoms with Crippen molar-refractivity contribution in [2.24, 2.45) is 10.7 Å². The summed E-state index contributed by atoms with van der Waals surface area (Å²) in [4.78, 5) is 6.95. The second-order valence-corrected chi connectivity index (χ2v) is 6.71. The number of nitrogens with zero attached hydrogens (tertiary/aromatic N) is 2. The number of aliphatic imine (C=N–C) groups is 1. The molecule has 1 fully saturated rings. The van der Waals surface area contributed by atoms with E-state index in [1.54, 1.807) is 7.11 Å². The fraction of sp³-hybridized carbons (Fsp3) is 0.381. The molecule has 27 heavy (non-hydrogen) atoms. The van der Waals surface area contributed by atoms with Gasteiger partial charge in [0.2, 0.25) is 0 Å². The summed E-state index contributed by atoms with van der Waals surface area (Å²) in [6, 6.07) is 16.3. The van der Waals surface area contributed by atoms with Crippen LogP contribution in [-0.4, -0.2) is 31.1 Å². The van der Waals surface area contributed by atoms with Gasteiger partial charge in [-0.1, -0.05) is 30.7 Å². The van der Waals surface area contributed by atoms with E-state index in [1.807, 2.05) is 24.3 Å². The van der Waals surface area contributed by atoms with Crippen molar-refractivity contribution in [3.63, 3.8) is 0 Å². The normalized spacial score (nSPS) is 15.1. The topological polar surface area (TPSA) is 62.9 Å². The van der Waals surface area contributed by atoms with E-state index in [0.29, 0.717) is 12.5 Å². The molecule has 5 nitrogen and oxygen atoms in total. The Balaban J connectivity index is 0.00000261. The minimum absolute atomic E-state index is 0. The molecule has 0 amide bonds. The number of hydrogen-bond acceptors (Lipinski definition) is 3.